The number of nitrogens with one attached hydrogen (secondary N) is 3. The lowest BCUT2D eigenvalue weighted by atomic mass is 9.72. The summed E-state index contributed by atoms with van der Waals surface area (Å²) in [5.74, 6) is 0.681. The molecule has 0 spiro atoms. The summed E-state index contributed by atoms with van der Waals surface area (Å²) in [4.78, 5) is 30.6. The number of carbonyl (C=O) groups is 2. The molecule has 2 aromatic carbocycles. The third-order valence-corrected chi connectivity index (χ3v) is 10.2. The molecule has 3 atom stereocenters. The number of carbonyl (C=O) groups excluding carboxylic acids is 2. The third-order valence-electron chi connectivity index (χ3n) is 9.67. The number of thioether (sulfide) groups is 1. The molecule has 44 heavy (non-hydrogen) atoms. The highest BCUT2D eigenvalue weighted by Crippen LogP contribution is 2.43. The highest BCUT2D eigenvalue weighted by Gasteiger charge is 2.35. The van der Waals surface area contributed by atoms with Crippen molar-refractivity contribution < 1.29 is 9.59 Å². The van der Waals surface area contributed by atoms with Gasteiger partial charge in [0.2, 0.25) is 5.91 Å². The van der Waals surface area contributed by atoms with Gasteiger partial charge in [-0.05, 0) is 84.2 Å². The van der Waals surface area contributed by atoms with E-state index in [1.165, 1.54) is 45.4 Å². The molecule has 3 aliphatic rings. The van der Waals surface area contributed by atoms with Crippen molar-refractivity contribution >= 4 is 34.3 Å². The fourth-order valence-corrected chi connectivity index (χ4v) is 7.87. The summed E-state index contributed by atoms with van der Waals surface area (Å²) in [7, 11) is 0. The van der Waals surface area contributed by atoms with E-state index in [1.807, 2.05) is 27.0 Å². The Bertz CT molecular complexity index is 1340. The van der Waals surface area contributed by atoms with Gasteiger partial charge in [0.15, 0.2) is 0 Å². The van der Waals surface area contributed by atoms with Gasteiger partial charge in [-0.3, -0.25) is 9.59 Å². The molecule has 1 saturated heterocycles. The van der Waals surface area contributed by atoms with E-state index in [0.717, 1.165) is 65.0 Å². The average molecular weight is 620 g/mol. The van der Waals surface area contributed by atoms with E-state index < -0.39 is 5.41 Å². The van der Waals surface area contributed by atoms with Crippen molar-refractivity contribution in [1.29, 1.82) is 0 Å². The Labute approximate surface area is 269 Å². The largest absolute Gasteiger partial charge is 0.368 e. The summed E-state index contributed by atoms with van der Waals surface area (Å²) >= 11 is 1.24. The van der Waals surface area contributed by atoms with E-state index in [4.69, 9.17) is 0 Å². The van der Waals surface area contributed by atoms with Gasteiger partial charge in [-0.2, -0.15) is 0 Å². The van der Waals surface area contributed by atoms with Crippen molar-refractivity contribution in [2.75, 3.05) is 48.8 Å². The van der Waals surface area contributed by atoms with E-state index in [2.05, 4.69) is 82.9 Å². The molecule has 8 heteroatoms. The zero-order valence-electron chi connectivity index (χ0n) is 27.9. The summed E-state index contributed by atoms with van der Waals surface area (Å²) in [5, 5.41) is 10.3. The van der Waals surface area contributed by atoms with Crippen LogP contribution >= 0.6 is 11.8 Å². The van der Waals surface area contributed by atoms with Gasteiger partial charge in [-0.1, -0.05) is 77.6 Å². The van der Waals surface area contributed by atoms with Crippen LogP contribution in [0.3, 0.4) is 0 Å². The quantitative estimate of drug-likeness (QED) is 0.349. The summed E-state index contributed by atoms with van der Waals surface area (Å²) in [6.07, 6.45) is 5.83. The van der Waals surface area contributed by atoms with Crippen LogP contribution in [0.2, 0.25) is 0 Å². The minimum Gasteiger partial charge on any atom is -0.368 e. The molecule has 2 aliphatic heterocycles. The zero-order chi connectivity index (χ0) is 31.6. The summed E-state index contributed by atoms with van der Waals surface area (Å²) in [5.41, 5.74) is 7.58. The third kappa shape index (κ3) is 7.39. The SMILES string of the molecule is CSC(=O)NC1CCNCc2c1cccc2N1CCN(c2cccc3c2CC(C)CC(C)(C)CC3NC(=O)C(C)(C)C)CC1. The van der Waals surface area contributed by atoms with E-state index >= 15 is 0 Å². The molecule has 0 bridgehead atoms. The van der Waals surface area contributed by atoms with Crippen molar-refractivity contribution in [2.24, 2.45) is 16.7 Å². The topological polar surface area (TPSA) is 76.7 Å². The summed E-state index contributed by atoms with van der Waals surface area (Å²) < 4.78 is 0. The summed E-state index contributed by atoms with van der Waals surface area (Å²) in [6, 6.07) is 13.4. The van der Waals surface area contributed by atoms with Gasteiger partial charge in [-0.15, -0.1) is 0 Å². The molecular weight excluding hydrogens is 566 g/mol. The number of hydrogen-bond acceptors (Lipinski definition) is 6. The Morgan fingerprint density at radius 2 is 1.48 bits per heavy atom. The molecule has 0 aromatic heterocycles. The van der Waals surface area contributed by atoms with Crippen molar-refractivity contribution in [1.82, 2.24) is 16.0 Å². The van der Waals surface area contributed by atoms with Gasteiger partial charge in [-0.25, -0.2) is 0 Å². The van der Waals surface area contributed by atoms with Crippen LogP contribution in [0.25, 0.3) is 0 Å². The molecule has 2 aromatic rings. The number of rotatable bonds is 4. The van der Waals surface area contributed by atoms with Gasteiger partial charge in [0, 0.05) is 49.5 Å². The fraction of sp³-hybridized carbons (Fsp3) is 0.611. The van der Waals surface area contributed by atoms with Crippen molar-refractivity contribution in [3.8, 4) is 0 Å². The van der Waals surface area contributed by atoms with E-state index in [9.17, 15) is 9.59 Å². The lowest BCUT2D eigenvalue weighted by Gasteiger charge is -2.42. The number of fused-ring (bicyclic) bond motifs is 2. The molecule has 2 heterocycles. The lowest BCUT2D eigenvalue weighted by molar-refractivity contribution is -0.129. The van der Waals surface area contributed by atoms with Gasteiger partial charge >= 0.3 is 0 Å². The Morgan fingerprint density at radius 3 is 2.07 bits per heavy atom. The lowest BCUT2D eigenvalue weighted by Crippen LogP contribution is -2.47. The second kappa shape index (κ2) is 13.3. The highest BCUT2D eigenvalue weighted by molar-refractivity contribution is 8.12. The molecule has 2 amide bonds. The molecule has 1 fully saturated rings. The first kappa shape index (κ1) is 32.7. The van der Waals surface area contributed by atoms with Crippen molar-refractivity contribution in [3.63, 3.8) is 0 Å². The Kier molecular flexibility index (Phi) is 9.90. The van der Waals surface area contributed by atoms with Crippen LogP contribution in [0, 0.1) is 16.7 Å². The first-order chi connectivity index (χ1) is 20.9. The van der Waals surface area contributed by atoms with Crippen molar-refractivity contribution in [2.45, 2.75) is 85.9 Å². The predicted molar refractivity (Wildman–Crippen MR) is 185 cm³/mol. The number of hydrogen-bond donors (Lipinski definition) is 3. The Hall–Kier alpha value is -2.71. The van der Waals surface area contributed by atoms with Gasteiger partial charge in [0.25, 0.3) is 5.24 Å². The molecule has 1 aliphatic carbocycles. The molecule has 5 rings (SSSR count). The number of amides is 2. The predicted octanol–water partition coefficient (Wildman–Crippen LogP) is 6.82. The summed E-state index contributed by atoms with van der Waals surface area (Å²) in [6.45, 7) is 18.6. The van der Waals surface area contributed by atoms with Crippen molar-refractivity contribution in [3.05, 3.63) is 58.7 Å². The van der Waals surface area contributed by atoms with Crippen LogP contribution in [-0.4, -0.2) is 50.1 Å². The van der Waals surface area contributed by atoms with Crippen LogP contribution in [0.15, 0.2) is 36.4 Å². The van der Waals surface area contributed by atoms with Crippen LogP contribution in [0.4, 0.5) is 16.2 Å². The fourth-order valence-electron chi connectivity index (χ4n) is 7.61. The van der Waals surface area contributed by atoms with E-state index in [0.29, 0.717) is 5.92 Å². The minimum absolute atomic E-state index is 0.00675. The Balaban J connectivity index is 1.39. The average Bonchev–Trinajstić information content (AvgIpc) is 3.17. The second-order valence-corrected chi connectivity index (χ2v) is 15.8. The molecule has 0 saturated carbocycles. The molecule has 7 nitrogen and oxygen atoms in total. The number of benzene rings is 2. The van der Waals surface area contributed by atoms with Gasteiger partial charge in [0.05, 0.1) is 12.1 Å². The molecular formula is C36H53N5O2S. The first-order valence-corrected chi connectivity index (χ1v) is 17.7. The van der Waals surface area contributed by atoms with Crippen LogP contribution < -0.4 is 25.8 Å². The number of anilines is 2. The molecule has 3 unspecified atom stereocenters. The normalized spacial score (nSPS) is 23.8. The monoisotopic (exact) mass is 619 g/mol. The second-order valence-electron chi connectivity index (χ2n) is 15.0. The van der Waals surface area contributed by atoms with E-state index in [-0.39, 0.29) is 28.6 Å². The van der Waals surface area contributed by atoms with Crippen LogP contribution in [0.5, 0.6) is 0 Å². The number of nitrogens with zero attached hydrogens (tertiary/aromatic N) is 2. The smallest absolute Gasteiger partial charge is 0.279 e. The molecule has 0 radical (unpaired) electrons. The maximum atomic E-state index is 13.2. The van der Waals surface area contributed by atoms with Crippen LogP contribution in [-0.2, 0) is 17.8 Å². The molecule has 240 valence electrons. The van der Waals surface area contributed by atoms with E-state index in [1.54, 1.807) is 0 Å². The maximum absolute atomic E-state index is 13.2. The maximum Gasteiger partial charge on any atom is 0.279 e. The first-order valence-electron chi connectivity index (χ1n) is 16.5. The number of piperazine rings is 1. The Morgan fingerprint density at radius 1 is 0.886 bits per heavy atom. The molecule has 3 N–H and O–H groups in total. The van der Waals surface area contributed by atoms with Gasteiger partial charge in [0.1, 0.15) is 0 Å². The highest BCUT2D eigenvalue weighted by atomic mass is 32.2. The zero-order valence-corrected chi connectivity index (χ0v) is 28.7. The van der Waals surface area contributed by atoms with Gasteiger partial charge < -0.3 is 25.8 Å². The van der Waals surface area contributed by atoms with Crippen LogP contribution in [0.1, 0.15) is 95.1 Å². The standard InChI is InChI=1S/C36H53N5O2S/c1-24-20-27-25(30(22-36(5,6)21-24)38-33(42)35(2,3)4)10-8-12-31(27)40-16-18-41(19-17-40)32-13-9-11-26-28(32)23-37-15-14-29(26)39-34(43)44-7/h8-13,24,29-30,37H,14-23H2,1-7H3,(H,38,42)(H,39,43). The minimum atomic E-state index is -0.431.